The van der Waals surface area contributed by atoms with E-state index >= 15 is 0 Å². The number of amides is 1. The lowest BCUT2D eigenvalue weighted by atomic mass is 10.2. The first-order valence-corrected chi connectivity index (χ1v) is 12.6. The van der Waals surface area contributed by atoms with Crippen LogP contribution in [-0.2, 0) is 11.3 Å². The lowest BCUT2D eigenvalue weighted by molar-refractivity contribution is -0.120. The molecule has 4 aromatic rings. The van der Waals surface area contributed by atoms with Gasteiger partial charge in [0.25, 0.3) is 5.91 Å². The highest BCUT2D eigenvalue weighted by Gasteiger charge is 2.21. The van der Waals surface area contributed by atoms with Gasteiger partial charge in [-0.2, -0.15) is 5.10 Å². The van der Waals surface area contributed by atoms with Gasteiger partial charge in [-0.25, -0.2) is 5.43 Å². The predicted octanol–water partition coefficient (Wildman–Crippen LogP) is 4.88. The molecule has 190 valence electrons. The zero-order valence-corrected chi connectivity index (χ0v) is 21.7. The number of thioether (sulfide) groups is 1. The van der Waals surface area contributed by atoms with Crippen molar-refractivity contribution in [1.82, 2.24) is 20.2 Å². The Balaban J connectivity index is 1.45. The van der Waals surface area contributed by atoms with E-state index in [0.29, 0.717) is 33.9 Å². The average molecular weight is 537 g/mol. The molecule has 11 heteroatoms. The van der Waals surface area contributed by atoms with Crippen LogP contribution in [0.1, 0.15) is 18.3 Å². The van der Waals surface area contributed by atoms with E-state index in [1.54, 1.807) is 19.1 Å². The van der Waals surface area contributed by atoms with Crippen LogP contribution in [0.4, 0.5) is 5.69 Å². The summed E-state index contributed by atoms with van der Waals surface area (Å²) >= 11 is 7.26. The Morgan fingerprint density at radius 3 is 2.65 bits per heavy atom. The van der Waals surface area contributed by atoms with Crippen LogP contribution < -0.4 is 15.5 Å². The molecule has 0 aliphatic heterocycles. The molecule has 0 spiro atoms. The molecule has 3 N–H and O–H groups in total. The number of anilines is 1. The van der Waals surface area contributed by atoms with Gasteiger partial charge in [-0.3, -0.25) is 9.36 Å². The maximum absolute atomic E-state index is 12.7. The third-order valence-electron chi connectivity index (χ3n) is 5.25. The number of hydrogen-bond acceptors (Lipinski definition) is 8. The lowest BCUT2D eigenvalue weighted by Gasteiger charge is -2.13. The second-order valence-electron chi connectivity index (χ2n) is 7.86. The van der Waals surface area contributed by atoms with Gasteiger partial charge in [-0.15, -0.1) is 10.2 Å². The Bertz CT molecular complexity index is 1380. The maximum atomic E-state index is 12.7. The molecule has 0 saturated carbocycles. The fourth-order valence-corrected chi connectivity index (χ4v) is 4.33. The summed E-state index contributed by atoms with van der Waals surface area (Å²) in [6.07, 6.45) is 1.48. The van der Waals surface area contributed by atoms with Gasteiger partial charge in [0.2, 0.25) is 0 Å². The molecule has 1 atom stereocenters. The van der Waals surface area contributed by atoms with E-state index in [9.17, 15) is 9.90 Å². The number of nitrogens with zero attached hydrogens (tertiary/aromatic N) is 4. The number of halogens is 1. The van der Waals surface area contributed by atoms with Crippen molar-refractivity contribution in [1.29, 1.82) is 0 Å². The van der Waals surface area contributed by atoms with Crippen molar-refractivity contribution in [2.75, 3.05) is 12.4 Å². The monoisotopic (exact) mass is 536 g/mol. The van der Waals surface area contributed by atoms with Crippen molar-refractivity contribution in [3.63, 3.8) is 0 Å². The Hall–Kier alpha value is -4.02. The molecule has 0 aliphatic rings. The number of para-hydroxylation sites is 1. The van der Waals surface area contributed by atoms with E-state index in [-0.39, 0.29) is 11.7 Å². The fraction of sp³-hybridized carbons (Fsp3) is 0.154. The second kappa shape index (κ2) is 12.3. The normalized spacial score (nSPS) is 11.9. The van der Waals surface area contributed by atoms with Crippen LogP contribution in [-0.4, -0.2) is 44.4 Å². The molecule has 0 saturated heterocycles. The van der Waals surface area contributed by atoms with E-state index in [0.717, 1.165) is 11.4 Å². The van der Waals surface area contributed by atoms with Gasteiger partial charge in [-0.1, -0.05) is 41.6 Å². The van der Waals surface area contributed by atoms with Gasteiger partial charge in [0.05, 0.1) is 25.1 Å². The second-order valence-corrected chi connectivity index (χ2v) is 9.60. The first-order valence-electron chi connectivity index (χ1n) is 11.3. The minimum absolute atomic E-state index is 0.0268. The Kier molecular flexibility index (Phi) is 8.65. The van der Waals surface area contributed by atoms with Gasteiger partial charge in [0.1, 0.15) is 0 Å². The van der Waals surface area contributed by atoms with Gasteiger partial charge in [0.15, 0.2) is 22.5 Å². The molecule has 3 aromatic carbocycles. The number of phenols is 1. The number of benzene rings is 3. The van der Waals surface area contributed by atoms with Crippen molar-refractivity contribution in [3.8, 4) is 17.2 Å². The Morgan fingerprint density at radius 2 is 1.92 bits per heavy atom. The van der Waals surface area contributed by atoms with Crippen LogP contribution >= 0.6 is 23.4 Å². The van der Waals surface area contributed by atoms with Gasteiger partial charge >= 0.3 is 0 Å². The highest BCUT2D eigenvalue weighted by Crippen LogP contribution is 2.27. The number of rotatable bonds is 10. The van der Waals surface area contributed by atoms with Gasteiger partial charge in [0, 0.05) is 16.4 Å². The number of methoxy groups -OCH3 is 1. The maximum Gasteiger partial charge on any atom is 0.253 e. The number of nitrogens with one attached hydrogen (secondary N) is 2. The predicted molar refractivity (Wildman–Crippen MR) is 146 cm³/mol. The molecule has 0 bridgehead atoms. The summed E-state index contributed by atoms with van der Waals surface area (Å²) in [5, 5.41) is 26.5. The number of hydrazone groups is 1. The molecule has 1 amide bonds. The molecule has 1 heterocycles. The summed E-state index contributed by atoms with van der Waals surface area (Å²) in [5.74, 6) is 0.741. The van der Waals surface area contributed by atoms with Crippen molar-refractivity contribution < 1.29 is 14.6 Å². The zero-order valence-electron chi connectivity index (χ0n) is 20.1. The van der Waals surface area contributed by atoms with E-state index in [2.05, 4.69) is 26.0 Å². The number of aromatic hydroxyl groups is 1. The third kappa shape index (κ3) is 6.81. The topological polar surface area (TPSA) is 114 Å². The summed E-state index contributed by atoms with van der Waals surface area (Å²) in [7, 11) is 1.46. The standard InChI is InChI=1S/C26H25ClN6O3S/c1-17(25(35)31-29-15-18-8-13-22(34)23(14-18)36-2)37-26-32-30-24(33(26)21-6-4-3-5-7-21)16-28-20-11-9-19(27)10-12-20/h3-15,17,28,34H,16H2,1-2H3,(H,31,35)/b29-15+. The largest absolute Gasteiger partial charge is 0.504 e. The van der Waals surface area contributed by atoms with Gasteiger partial charge in [-0.05, 0) is 67.1 Å². The number of aromatic nitrogens is 3. The molecular weight excluding hydrogens is 512 g/mol. The van der Waals surface area contributed by atoms with E-state index in [4.69, 9.17) is 16.3 Å². The summed E-state index contributed by atoms with van der Waals surface area (Å²) in [6.45, 7) is 2.19. The SMILES string of the molecule is COc1cc(/C=N/NC(=O)C(C)Sc2nnc(CNc3ccc(Cl)cc3)n2-c2ccccc2)ccc1O. The van der Waals surface area contributed by atoms with Crippen molar-refractivity contribution in [2.45, 2.75) is 23.9 Å². The highest BCUT2D eigenvalue weighted by molar-refractivity contribution is 8.00. The van der Waals surface area contributed by atoms with Crippen LogP contribution in [0.25, 0.3) is 5.69 Å². The molecule has 1 unspecified atom stereocenters. The first-order chi connectivity index (χ1) is 17.9. The van der Waals surface area contributed by atoms with Crippen LogP contribution in [0.15, 0.2) is 83.1 Å². The number of hydrogen-bond donors (Lipinski definition) is 3. The molecule has 9 nitrogen and oxygen atoms in total. The summed E-state index contributed by atoms with van der Waals surface area (Å²) in [4.78, 5) is 12.7. The minimum atomic E-state index is -0.504. The smallest absolute Gasteiger partial charge is 0.253 e. The summed E-state index contributed by atoms with van der Waals surface area (Å²) < 4.78 is 7.01. The molecule has 0 fully saturated rings. The van der Waals surface area contributed by atoms with Crippen LogP contribution in [0.5, 0.6) is 11.5 Å². The molecular formula is C26H25ClN6O3S. The minimum Gasteiger partial charge on any atom is -0.504 e. The number of phenolic OH excluding ortho intramolecular Hbond substituents is 1. The number of carbonyl (C=O) groups excluding carboxylic acids is 1. The van der Waals surface area contributed by atoms with Crippen molar-refractivity contribution in [3.05, 3.63) is 89.2 Å². The van der Waals surface area contributed by atoms with Crippen LogP contribution in [0.3, 0.4) is 0 Å². The van der Waals surface area contributed by atoms with Crippen LogP contribution in [0, 0.1) is 0 Å². The molecule has 4 rings (SSSR count). The van der Waals surface area contributed by atoms with Gasteiger partial charge < -0.3 is 15.2 Å². The van der Waals surface area contributed by atoms with Crippen LogP contribution in [0.2, 0.25) is 5.02 Å². The van der Waals surface area contributed by atoms with Crippen molar-refractivity contribution in [2.24, 2.45) is 5.10 Å². The number of ether oxygens (including phenoxy) is 1. The molecule has 1 aromatic heterocycles. The lowest BCUT2D eigenvalue weighted by Crippen LogP contribution is -2.27. The molecule has 0 radical (unpaired) electrons. The first kappa shape index (κ1) is 26.1. The number of carbonyl (C=O) groups is 1. The quantitative estimate of drug-likeness (QED) is 0.150. The fourth-order valence-electron chi connectivity index (χ4n) is 3.32. The van der Waals surface area contributed by atoms with E-state index in [1.807, 2.05) is 59.2 Å². The summed E-state index contributed by atoms with van der Waals surface area (Å²) in [6, 6.07) is 21.9. The van der Waals surface area contributed by atoms with Crippen molar-refractivity contribution >= 4 is 41.2 Å². The van der Waals surface area contributed by atoms with E-state index < -0.39 is 5.25 Å². The molecule has 0 aliphatic carbocycles. The zero-order chi connectivity index (χ0) is 26.2. The highest BCUT2D eigenvalue weighted by atomic mass is 35.5. The Morgan fingerprint density at radius 1 is 1.16 bits per heavy atom. The summed E-state index contributed by atoms with van der Waals surface area (Å²) in [5.41, 5.74) is 5.00. The Labute approximate surface area is 223 Å². The van der Waals surface area contributed by atoms with E-state index in [1.165, 1.54) is 31.2 Å². The third-order valence-corrected chi connectivity index (χ3v) is 6.55. The average Bonchev–Trinajstić information content (AvgIpc) is 3.31. The molecule has 37 heavy (non-hydrogen) atoms.